The number of hydrogen-bond acceptors (Lipinski definition) is 5. The number of rotatable bonds is 3. The van der Waals surface area contributed by atoms with E-state index < -0.39 is 11.6 Å². The van der Waals surface area contributed by atoms with Crippen molar-refractivity contribution in [3.63, 3.8) is 0 Å². The lowest BCUT2D eigenvalue weighted by molar-refractivity contribution is 0.0735. The number of ether oxygens (including phenoxy) is 1. The summed E-state index contributed by atoms with van der Waals surface area (Å²) in [5.41, 5.74) is 1.37. The van der Waals surface area contributed by atoms with Crippen molar-refractivity contribution in [2.45, 2.75) is 0 Å². The van der Waals surface area contributed by atoms with Crippen LogP contribution >= 0.6 is 11.6 Å². The van der Waals surface area contributed by atoms with Crippen LogP contribution in [-0.4, -0.2) is 11.0 Å². The fraction of sp³-hybridized carbons (Fsp3) is 0. The first-order valence-corrected chi connectivity index (χ1v) is 8.44. The molecule has 0 saturated heterocycles. The lowest BCUT2D eigenvalue weighted by Crippen LogP contribution is -2.08. The first kappa shape index (κ1) is 17.0. The molecule has 0 fully saturated rings. The van der Waals surface area contributed by atoms with Gasteiger partial charge in [0.1, 0.15) is 11.3 Å². The van der Waals surface area contributed by atoms with Crippen LogP contribution in [0, 0.1) is 0 Å². The van der Waals surface area contributed by atoms with Crippen LogP contribution in [-0.2, 0) is 0 Å². The van der Waals surface area contributed by atoms with E-state index in [1.165, 1.54) is 18.5 Å². The first-order chi connectivity index (χ1) is 13.1. The minimum Gasteiger partial charge on any atom is -0.423 e. The van der Waals surface area contributed by atoms with Gasteiger partial charge in [-0.3, -0.25) is 4.98 Å². The summed E-state index contributed by atoms with van der Waals surface area (Å²) < 4.78 is 10.7. The Labute approximate surface area is 158 Å². The summed E-state index contributed by atoms with van der Waals surface area (Å²) in [6.45, 7) is 0. The predicted octanol–water partition coefficient (Wildman–Crippen LogP) is 4.73. The molecule has 0 saturated carbocycles. The molecule has 5 nitrogen and oxygen atoms in total. The number of nitrogens with zero attached hydrogens (tertiary/aromatic N) is 1. The molecule has 2 aromatic heterocycles. The van der Waals surface area contributed by atoms with Crippen molar-refractivity contribution in [1.29, 1.82) is 0 Å². The minimum atomic E-state index is -0.517. The molecule has 2 aromatic carbocycles. The van der Waals surface area contributed by atoms with Crippen molar-refractivity contribution >= 4 is 28.5 Å². The fourth-order valence-electron chi connectivity index (χ4n) is 2.64. The number of hydrogen-bond donors (Lipinski definition) is 0. The van der Waals surface area contributed by atoms with E-state index in [1.54, 1.807) is 54.6 Å². The van der Waals surface area contributed by atoms with Gasteiger partial charge in [-0.15, -0.1) is 0 Å². The summed E-state index contributed by atoms with van der Waals surface area (Å²) in [6.07, 6.45) is 3.02. The Bertz CT molecular complexity index is 1180. The Morgan fingerprint density at radius 3 is 2.44 bits per heavy atom. The maximum Gasteiger partial charge on any atom is 0.344 e. The molecule has 0 atom stereocenters. The van der Waals surface area contributed by atoms with Gasteiger partial charge in [0.25, 0.3) is 0 Å². The number of fused-ring (bicyclic) bond motifs is 1. The molecule has 0 N–H and O–H groups in total. The van der Waals surface area contributed by atoms with E-state index in [1.807, 2.05) is 0 Å². The third kappa shape index (κ3) is 3.59. The molecule has 2 heterocycles. The number of benzene rings is 2. The first-order valence-electron chi connectivity index (χ1n) is 8.06. The standard InChI is InChI=1S/C21H12ClNO4/c22-16-4-1-13(2-5-16)18-11-15-3-6-17(12-19(15)27-21(18)25)26-20(24)14-7-9-23-10-8-14/h1-12H. The van der Waals surface area contributed by atoms with Gasteiger partial charge in [-0.1, -0.05) is 23.7 Å². The van der Waals surface area contributed by atoms with E-state index >= 15 is 0 Å². The van der Waals surface area contributed by atoms with Gasteiger partial charge in [-0.2, -0.15) is 0 Å². The van der Waals surface area contributed by atoms with E-state index in [0.29, 0.717) is 32.7 Å². The van der Waals surface area contributed by atoms with Crippen molar-refractivity contribution < 1.29 is 13.9 Å². The van der Waals surface area contributed by atoms with Crippen molar-refractivity contribution in [2.75, 3.05) is 0 Å². The molecule has 0 aliphatic rings. The molecular formula is C21H12ClNO4. The van der Waals surface area contributed by atoms with Gasteiger partial charge in [-0.25, -0.2) is 9.59 Å². The molecule has 0 unspecified atom stereocenters. The second-order valence-electron chi connectivity index (χ2n) is 5.78. The van der Waals surface area contributed by atoms with Gasteiger partial charge in [0.05, 0.1) is 11.1 Å². The molecule has 4 aromatic rings. The zero-order valence-electron chi connectivity index (χ0n) is 13.9. The number of carbonyl (C=O) groups is 1. The molecular weight excluding hydrogens is 366 g/mol. The lowest BCUT2D eigenvalue weighted by Gasteiger charge is -2.06. The van der Waals surface area contributed by atoms with Crippen molar-refractivity contribution in [3.8, 4) is 16.9 Å². The van der Waals surface area contributed by atoms with E-state index in [2.05, 4.69) is 4.98 Å². The van der Waals surface area contributed by atoms with Gasteiger partial charge >= 0.3 is 11.6 Å². The molecule has 4 rings (SSSR count). The van der Waals surface area contributed by atoms with Crippen LogP contribution < -0.4 is 10.4 Å². The van der Waals surface area contributed by atoms with Crippen LogP contribution in [0.25, 0.3) is 22.1 Å². The molecule has 0 aliphatic heterocycles. The Kier molecular flexibility index (Phi) is 4.44. The van der Waals surface area contributed by atoms with Crippen molar-refractivity contribution in [2.24, 2.45) is 0 Å². The zero-order valence-corrected chi connectivity index (χ0v) is 14.6. The van der Waals surface area contributed by atoms with Crippen LogP contribution in [0.3, 0.4) is 0 Å². The summed E-state index contributed by atoms with van der Waals surface area (Å²) in [5.74, 6) is -0.233. The van der Waals surface area contributed by atoms with Crippen LogP contribution in [0.1, 0.15) is 10.4 Å². The second kappa shape index (κ2) is 7.05. The Hall–Kier alpha value is -3.44. The third-order valence-electron chi connectivity index (χ3n) is 3.99. The summed E-state index contributed by atoms with van der Waals surface area (Å²) in [4.78, 5) is 28.3. The Balaban J connectivity index is 1.67. The lowest BCUT2D eigenvalue weighted by atomic mass is 10.1. The van der Waals surface area contributed by atoms with Crippen molar-refractivity contribution in [1.82, 2.24) is 4.98 Å². The molecule has 0 aliphatic carbocycles. The van der Waals surface area contributed by atoms with E-state index in [-0.39, 0.29) is 5.75 Å². The predicted molar refractivity (Wildman–Crippen MR) is 102 cm³/mol. The highest BCUT2D eigenvalue weighted by Gasteiger charge is 2.11. The van der Waals surface area contributed by atoms with Gasteiger partial charge in [0, 0.05) is 28.9 Å². The second-order valence-corrected chi connectivity index (χ2v) is 6.22. The van der Waals surface area contributed by atoms with Crippen LogP contribution in [0.15, 0.2) is 82.3 Å². The van der Waals surface area contributed by atoms with Gasteiger partial charge in [-0.05, 0) is 48.0 Å². The van der Waals surface area contributed by atoms with Gasteiger partial charge < -0.3 is 9.15 Å². The molecule has 0 radical (unpaired) electrons. The van der Waals surface area contributed by atoms with Gasteiger partial charge in [0.2, 0.25) is 0 Å². The highest BCUT2D eigenvalue weighted by molar-refractivity contribution is 6.30. The largest absolute Gasteiger partial charge is 0.423 e. The topological polar surface area (TPSA) is 69.4 Å². The summed E-state index contributed by atoms with van der Waals surface area (Å²) >= 11 is 5.89. The fourth-order valence-corrected chi connectivity index (χ4v) is 2.77. The molecule has 6 heteroatoms. The van der Waals surface area contributed by atoms with Crippen LogP contribution in [0.2, 0.25) is 5.02 Å². The zero-order chi connectivity index (χ0) is 18.8. The SMILES string of the molecule is O=C(Oc1ccc2cc(-c3ccc(Cl)cc3)c(=O)oc2c1)c1ccncc1. The Morgan fingerprint density at radius 1 is 0.963 bits per heavy atom. The number of halogens is 1. The smallest absolute Gasteiger partial charge is 0.344 e. The normalized spacial score (nSPS) is 10.7. The molecule has 0 bridgehead atoms. The molecule has 0 amide bonds. The van der Waals surface area contributed by atoms with Gasteiger partial charge in [0.15, 0.2) is 0 Å². The average Bonchev–Trinajstić information content (AvgIpc) is 2.69. The van der Waals surface area contributed by atoms with E-state index in [0.717, 1.165) is 0 Å². The minimum absolute atomic E-state index is 0.284. The maximum absolute atomic E-state index is 12.4. The summed E-state index contributed by atoms with van der Waals surface area (Å²) in [5, 5.41) is 1.30. The maximum atomic E-state index is 12.4. The number of esters is 1. The summed E-state index contributed by atoms with van der Waals surface area (Å²) in [7, 11) is 0. The van der Waals surface area contributed by atoms with E-state index in [9.17, 15) is 9.59 Å². The number of aromatic nitrogens is 1. The van der Waals surface area contributed by atoms with Crippen molar-refractivity contribution in [3.05, 3.63) is 94.1 Å². The molecule has 132 valence electrons. The quantitative estimate of drug-likeness (QED) is 0.293. The Morgan fingerprint density at radius 2 is 1.70 bits per heavy atom. The third-order valence-corrected chi connectivity index (χ3v) is 4.24. The monoisotopic (exact) mass is 377 g/mol. The van der Waals surface area contributed by atoms with Crippen LogP contribution in [0.5, 0.6) is 5.75 Å². The van der Waals surface area contributed by atoms with E-state index in [4.69, 9.17) is 20.8 Å². The van der Waals surface area contributed by atoms with Crippen LogP contribution in [0.4, 0.5) is 0 Å². The average molecular weight is 378 g/mol. The number of pyridine rings is 1. The molecule has 0 spiro atoms. The summed E-state index contributed by atoms with van der Waals surface area (Å²) in [6, 6.07) is 16.7. The highest BCUT2D eigenvalue weighted by Crippen LogP contribution is 2.25. The highest BCUT2D eigenvalue weighted by atomic mass is 35.5. The molecule has 27 heavy (non-hydrogen) atoms. The number of carbonyl (C=O) groups excluding carboxylic acids is 1.